The van der Waals surface area contributed by atoms with Crippen LogP contribution in [0.15, 0.2) is 24.3 Å². The van der Waals surface area contributed by atoms with E-state index >= 15 is 0 Å². The Morgan fingerprint density at radius 2 is 1.71 bits per heavy atom. The van der Waals surface area contributed by atoms with Crippen molar-refractivity contribution < 1.29 is 0 Å². The lowest BCUT2D eigenvalue weighted by Gasteiger charge is -2.31. The molecule has 0 spiro atoms. The highest BCUT2D eigenvalue weighted by molar-refractivity contribution is 5.25. The Morgan fingerprint density at radius 1 is 1.05 bits per heavy atom. The number of benzene rings is 1. The van der Waals surface area contributed by atoms with E-state index in [0.717, 1.165) is 12.0 Å². The third-order valence-electron chi connectivity index (χ3n) is 5.21. The average Bonchev–Trinajstić information content (AvgIpc) is 2.54. The molecule has 1 atom stereocenters. The summed E-state index contributed by atoms with van der Waals surface area (Å²) in [5, 5.41) is 3.84. The molecular formula is C20H33N. The number of hydrogen-bond donors (Lipinski definition) is 1. The van der Waals surface area contributed by atoms with Crippen molar-refractivity contribution in [2.75, 3.05) is 0 Å². The van der Waals surface area contributed by atoms with Crippen LogP contribution in [-0.4, -0.2) is 6.04 Å². The van der Waals surface area contributed by atoms with Gasteiger partial charge in [-0.15, -0.1) is 0 Å². The lowest BCUT2D eigenvalue weighted by atomic mass is 9.84. The molecule has 0 aromatic heterocycles. The zero-order valence-corrected chi connectivity index (χ0v) is 14.2. The van der Waals surface area contributed by atoms with Gasteiger partial charge in [-0.1, -0.05) is 51.0 Å². The molecule has 1 unspecified atom stereocenters. The fourth-order valence-corrected chi connectivity index (χ4v) is 3.54. The normalized spacial score (nSPS) is 24.0. The Kier molecular flexibility index (Phi) is 6.76. The Bertz CT molecular complexity index is 387. The summed E-state index contributed by atoms with van der Waals surface area (Å²) in [6.07, 6.45) is 10.7. The van der Waals surface area contributed by atoms with Gasteiger partial charge in [-0.05, 0) is 62.5 Å². The molecule has 0 saturated heterocycles. The first-order chi connectivity index (χ1) is 10.2. The molecule has 0 amide bonds. The Hall–Kier alpha value is -0.820. The van der Waals surface area contributed by atoms with Crippen LogP contribution < -0.4 is 5.32 Å². The van der Waals surface area contributed by atoms with Crippen LogP contribution in [0.25, 0.3) is 0 Å². The quantitative estimate of drug-likeness (QED) is 0.683. The van der Waals surface area contributed by atoms with E-state index in [0.29, 0.717) is 6.04 Å². The van der Waals surface area contributed by atoms with Crippen molar-refractivity contribution in [3.05, 3.63) is 35.4 Å². The molecule has 1 aromatic carbocycles. The predicted molar refractivity (Wildman–Crippen MR) is 92.6 cm³/mol. The van der Waals surface area contributed by atoms with E-state index in [1.165, 1.54) is 62.5 Å². The summed E-state index contributed by atoms with van der Waals surface area (Å²) in [7, 11) is 0. The molecule has 118 valence electrons. The Morgan fingerprint density at radius 3 is 2.29 bits per heavy atom. The third kappa shape index (κ3) is 5.14. The smallest absolute Gasteiger partial charge is 0.0294 e. The lowest BCUT2D eigenvalue weighted by Crippen LogP contribution is -2.34. The minimum Gasteiger partial charge on any atom is -0.307 e. The standard InChI is InChI=1S/C20H33N/c1-4-6-7-18-8-12-19(13-9-18)16(3)21-20-14-10-17(5-2)11-15-20/h8-9,12-13,16-17,20-21H,4-7,10-11,14-15H2,1-3H3. The SMILES string of the molecule is CCCCc1ccc(C(C)NC2CCC(CC)CC2)cc1. The zero-order valence-electron chi connectivity index (χ0n) is 14.2. The second-order valence-corrected chi connectivity index (χ2v) is 6.86. The number of unbranched alkanes of at least 4 members (excludes halogenated alkanes) is 1. The second kappa shape index (κ2) is 8.58. The van der Waals surface area contributed by atoms with Crippen LogP contribution >= 0.6 is 0 Å². The van der Waals surface area contributed by atoms with E-state index in [2.05, 4.69) is 50.4 Å². The maximum atomic E-state index is 3.84. The number of rotatable bonds is 7. The van der Waals surface area contributed by atoms with Crippen LogP contribution in [-0.2, 0) is 6.42 Å². The summed E-state index contributed by atoms with van der Waals surface area (Å²) in [6, 6.07) is 10.5. The maximum Gasteiger partial charge on any atom is 0.0294 e. The second-order valence-electron chi connectivity index (χ2n) is 6.86. The minimum atomic E-state index is 0.480. The van der Waals surface area contributed by atoms with Gasteiger partial charge in [0.25, 0.3) is 0 Å². The molecule has 21 heavy (non-hydrogen) atoms. The zero-order chi connectivity index (χ0) is 15.1. The Balaban J connectivity index is 1.81. The van der Waals surface area contributed by atoms with Gasteiger partial charge < -0.3 is 5.32 Å². The molecule has 1 N–H and O–H groups in total. The van der Waals surface area contributed by atoms with Gasteiger partial charge >= 0.3 is 0 Å². The average molecular weight is 287 g/mol. The number of aryl methyl sites for hydroxylation is 1. The monoisotopic (exact) mass is 287 g/mol. The molecule has 2 rings (SSSR count). The highest BCUT2D eigenvalue weighted by Gasteiger charge is 2.21. The van der Waals surface area contributed by atoms with Crippen molar-refractivity contribution in [2.45, 2.75) is 84.2 Å². The van der Waals surface area contributed by atoms with Crippen molar-refractivity contribution >= 4 is 0 Å². The Labute approximate surface area is 131 Å². The molecule has 1 heteroatoms. The molecule has 0 heterocycles. The van der Waals surface area contributed by atoms with E-state index in [-0.39, 0.29) is 0 Å². The van der Waals surface area contributed by atoms with Gasteiger partial charge in [0.1, 0.15) is 0 Å². The van der Waals surface area contributed by atoms with Crippen LogP contribution in [0.5, 0.6) is 0 Å². The van der Waals surface area contributed by atoms with Crippen LogP contribution in [0.4, 0.5) is 0 Å². The summed E-state index contributed by atoms with van der Waals surface area (Å²) in [5.74, 6) is 0.983. The summed E-state index contributed by atoms with van der Waals surface area (Å²) < 4.78 is 0. The summed E-state index contributed by atoms with van der Waals surface area (Å²) >= 11 is 0. The molecule has 1 aliphatic rings. The van der Waals surface area contributed by atoms with E-state index in [9.17, 15) is 0 Å². The molecule has 1 nitrogen and oxygen atoms in total. The first kappa shape index (κ1) is 16.5. The van der Waals surface area contributed by atoms with Crippen LogP contribution in [0.2, 0.25) is 0 Å². The number of nitrogens with one attached hydrogen (secondary N) is 1. The molecule has 1 aromatic rings. The van der Waals surface area contributed by atoms with E-state index in [1.807, 2.05) is 0 Å². The van der Waals surface area contributed by atoms with Crippen molar-refractivity contribution in [3.63, 3.8) is 0 Å². The fourth-order valence-electron chi connectivity index (χ4n) is 3.54. The molecule has 1 aliphatic carbocycles. The molecule has 1 saturated carbocycles. The highest BCUT2D eigenvalue weighted by Crippen LogP contribution is 2.28. The van der Waals surface area contributed by atoms with Gasteiger partial charge in [-0.25, -0.2) is 0 Å². The van der Waals surface area contributed by atoms with Crippen molar-refractivity contribution in [1.82, 2.24) is 5.32 Å². The van der Waals surface area contributed by atoms with Crippen molar-refractivity contribution in [2.24, 2.45) is 5.92 Å². The first-order valence-corrected chi connectivity index (χ1v) is 9.07. The molecule has 1 fully saturated rings. The van der Waals surface area contributed by atoms with Gasteiger partial charge in [-0.3, -0.25) is 0 Å². The summed E-state index contributed by atoms with van der Waals surface area (Å²) in [4.78, 5) is 0. The summed E-state index contributed by atoms with van der Waals surface area (Å²) in [6.45, 7) is 6.90. The minimum absolute atomic E-state index is 0.480. The largest absolute Gasteiger partial charge is 0.307 e. The van der Waals surface area contributed by atoms with E-state index in [4.69, 9.17) is 0 Å². The van der Waals surface area contributed by atoms with Gasteiger partial charge in [-0.2, -0.15) is 0 Å². The first-order valence-electron chi connectivity index (χ1n) is 9.07. The van der Waals surface area contributed by atoms with E-state index in [1.54, 1.807) is 0 Å². The van der Waals surface area contributed by atoms with Gasteiger partial charge in [0.15, 0.2) is 0 Å². The van der Waals surface area contributed by atoms with E-state index < -0.39 is 0 Å². The molecular weight excluding hydrogens is 254 g/mol. The predicted octanol–water partition coefficient (Wildman–Crippen LogP) is 5.65. The van der Waals surface area contributed by atoms with Gasteiger partial charge in [0.05, 0.1) is 0 Å². The van der Waals surface area contributed by atoms with Crippen LogP contribution in [0, 0.1) is 5.92 Å². The topological polar surface area (TPSA) is 12.0 Å². The van der Waals surface area contributed by atoms with Crippen LogP contribution in [0.3, 0.4) is 0 Å². The summed E-state index contributed by atoms with van der Waals surface area (Å²) in [5.41, 5.74) is 2.92. The molecule has 0 radical (unpaired) electrons. The number of hydrogen-bond acceptors (Lipinski definition) is 1. The lowest BCUT2D eigenvalue weighted by molar-refractivity contribution is 0.273. The molecule has 0 aliphatic heterocycles. The highest BCUT2D eigenvalue weighted by atomic mass is 14.9. The fraction of sp³-hybridized carbons (Fsp3) is 0.700. The van der Waals surface area contributed by atoms with Crippen molar-refractivity contribution in [3.8, 4) is 0 Å². The molecule has 0 bridgehead atoms. The van der Waals surface area contributed by atoms with Crippen molar-refractivity contribution in [1.29, 1.82) is 0 Å². The van der Waals surface area contributed by atoms with Gasteiger partial charge in [0, 0.05) is 12.1 Å². The maximum absolute atomic E-state index is 3.84. The third-order valence-corrected chi connectivity index (χ3v) is 5.21. The van der Waals surface area contributed by atoms with Crippen LogP contribution in [0.1, 0.15) is 82.9 Å². The van der Waals surface area contributed by atoms with Gasteiger partial charge in [0.2, 0.25) is 0 Å².